The number of likely N-dealkylation sites (tertiary alicyclic amines) is 1. The van der Waals surface area contributed by atoms with Gasteiger partial charge < -0.3 is 10.6 Å². The molecule has 2 heterocycles. The summed E-state index contributed by atoms with van der Waals surface area (Å²) in [7, 11) is 0. The molecule has 3 rings (SSSR count). The second-order valence-electron chi connectivity index (χ2n) is 6.91. The molecule has 2 aromatic rings. The number of rotatable bonds is 8. The zero-order valence-electron chi connectivity index (χ0n) is 16.4. The summed E-state index contributed by atoms with van der Waals surface area (Å²) in [5.74, 6) is 0.891. The van der Waals surface area contributed by atoms with Gasteiger partial charge in [0.1, 0.15) is 12.7 Å². The van der Waals surface area contributed by atoms with Crippen molar-refractivity contribution < 1.29 is 0 Å². The van der Waals surface area contributed by atoms with E-state index in [0.717, 1.165) is 32.1 Å². The van der Waals surface area contributed by atoms with Gasteiger partial charge in [0.15, 0.2) is 5.96 Å². The Hall–Kier alpha value is -2.41. The first kappa shape index (κ1) is 19.4. The van der Waals surface area contributed by atoms with Crippen molar-refractivity contribution >= 4 is 5.96 Å². The molecule has 1 unspecified atom stereocenters. The molecule has 7 heteroatoms. The van der Waals surface area contributed by atoms with Crippen molar-refractivity contribution in [2.75, 3.05) is 26.2 Å². The minimum Gasteiger partial charge on any atom is -0.357 e. The average Bonchev–Trinajstić information content (AvgIpc) is 3.36. The van der Waals surface area contributed by atoms with Gasteiger partial charge in [-0.3, -0.25) is 4.90 Å². The van der Waals surface area contributed by atoms with Crippen LogP contribution in [0.25, 0.3) is 0 Å². The van der Waals surface area contributed by atoms with E-state index in [1.165, 1.54) is 30.5 Å². The van der Waals surface area contributed by atoms with Crippen LogP contribution in [0.5, 0.6) is 0 Å². The zero-order valence-corrected chi connectivity index (χ0v) is 16.4. The molecule has 0 aliphatic carbocycles. The number of hydrogen-bond donors (Lipinski definition) is 2. The van der Waals surface area contributed by atoms with Crippen LogP contribution in [0.2, 0.25) is 0 Å². The molecule has 1 fully saturated rings. The Labute approximate surface area is 161 Å². The van der Waals surface area contributed by atoms with Gasteiger partial charge in [0.2, 0.25) is 0 Å². The minimum absolute atomic E-state index is 0.616. The van der Waals surface area contributed by atoms with Gasteiger partial charge in [0.05, 0.1) is 13.1 Å². The summed E-state index contributed by atoms with van der Waals surface area (Å²) in [6, 6.07) is 9.11. The topological polar surface area (TPSA) is 70.4 Å². The third-order valence-corrected chi connectivity index (χ3v) is 4.98. The van der Waals surface area contributed by atoms with Crippen molar-refractivity contribution in [2.24, 2.45) is 4.99 Å². The van der Waals surface area contributed by atoms with Gasteiger partial charge >= 0.3 is 0 Å². The number of hydrogen-bond acceptors (Lipinski definition) is 4. The number of nitrogens with one attached hydrogen (secondary N) is 2. The van der Waals surface area contributed by atoms with E-state index >= 15 is 0 Å². The highest BCUT2D eigenvalue weighted by molar-refractivity contribution is 5.79. The monoisotopic (exact) mass is 369 g/mol. The summed E-state index contributed by atoms with van der Waals surface area (Å²) < 4.78 is 1.83. The van der Waals surface area contributed by atoms with E-state index < -0.39 is 0 Å². The van der Waals surface area contributed by atoms with Crippen molar-refractivity contribution in [1.82, 2.24) is 30.3 Å². The molecule has 27 heavy (non-hydrogen) atoms. The average molecular weight is 370 g/mol. The van der Waals surface area contributed by atoms with Crippen molar-refractivity contribution in [1.29, 1.82) is 0 Å². The van der Waals surface area contributed by atoms with Crippen LogP contribution in [0.15, 0.2) is 41.9 Å². The van der Waals surface area contributed by atoms with Gasteiger partial charge in [-0.05, 0) is 44.0 Å². The van der Waals surface area contributed by atoms with Crippen LogP contribution >= 0.6 is 0 Å². The lowest BCUT2D eigenvalue weighted by molar-refractivity contribution is 0.267. The van der Waals surface area contributed by atoms with E-state index in [1.807, 2.05) is 4.68 Å². The Bertz CT molecular complexity index is 711. The maximum Gasteiger partial charge on any atom is 0.191 e. The molecule has 1 atom stereocenters. The Morgan fingerprint density at radius 2 is 2.15 bits per heavy atom. The van der Waals surface area contributed by atoms with Gasteiger partial charge in [0, 0.05) is 19.1 Å². The Morgan fingerprint density at radius 1 is 1.26 bits per heavy atom. The maximum absolute atomic E-state index is 4.77. The summed E-state index contributed by atoms with van der Waals surface area (Å²) >= 11 is 0. The second kappa shape index (κ2) is 10.1. The summed E-state index contributed by atoms with van der Waals surface area (Å²) in [5.41, 5.74) is 2.40. The minimum atomic E-state index is 0.616. The van der Waals surface area contributed by atoms with Crippen LogP contribution in [0.3, 0.4) is 0 Å². The lowest BCUT2D eigenvalue weighted by Gasteiger charge is -2.24. The largest absolute Gasteiger partial charge is 0.357 e. The molecule has 0 radical (unpaired) electrons. The Balaban J connectivity index is 1.57. The standard InChI is InChI=1S/C20H31N7/c1-3-22-20(24-13-19-9-6-10-26(19)4-2)23-12-17-7-5-8-18(11-17)14-27-16-21-15-25-27/h5,7-8,11,15-16,19H,3-4,6,9-10,12-14H2,1-2H3,(H2,22,23,24). The van der Waals surface area contributed by atoms with Gasteiger partial charge in [0.25, 0.3) is 0 Å². The first-order valence-electron chi connectivity index (χ1n) is 9.95. The molecule has 7 nitrogen and oxygen atoms in total. The summed E-state index contributed by atoms with van der Waals surface area (Å²) in [6.07, 6.45) is 5.87. The summed E-state index contributed by atoms with van der Waals surface area (Å²) in [6.45, 7) is 9.88. The Morgan fingerprint density at radius 3 is 2.93 bits per heavy atom. The number of aliphatic imine (C=N–C) groups is 1. The third kappa shape index (κ3) is 5.79. The van der Waals surface area contributed by atoms with Gasteiger partial charge in [-0.2, -0.15) is 5.10 Å². The summed E-state index contributed by atoms with van der Waals surface area (Å²) in [4.78, 5) is 11.3. The van der Waals surface area contributed by atoms with Crippen LogP contribution in [-0.4, -0.2) is 57.8 Å². The molecule has 1 aliphatic heterocycles. The highest BCUT2D eigenvalue weighted by Crippen LogP contribution is 2.15. The quantitative estimate of drug-likeness (QED) is 0.549. The molecule has 1 aromatic carbocycles. The van der Waals surface area contributed by atoms with E-state index in [2.05, 4.69) is 63.7 Å². The first-order chi connectivity index (χ1) is 13.3. The molecule has 0 bridgehead atoms. The lowest BCUT2D eigenvalue weighted by atomic mass is 10.1. The van der Waals surface area contributed by atoms with E-state index in [0.29, 0.717) is 12.6 Å². The fraction of sp³-hybridized carbons (Fsp3) is 0.550. The van der Waals surface area contributed by atoms with Crippen LogP contribution in [0.1, 0.15) is 37.8 Å². The van der Waals surface area contributed by atoms with E-state index in [1.54, 1.807) is 12.7 Å². The molecule has 146 valence electrons. The molecular weight excluding hydrogens is 338 g/mol. The van der Waals surface area contributed by atoms with Crippen LogP contribution in [0, 0.1) is 0 Å². The molecule has 0 saturated carbocycles. The van der Waals surface area contributed by atoms with Crippen molar-refractivity contribution in [3.63, 3.8) is 0 Å². The van der Waals surface area contributed by atoms with E-state index in [-0.39, 0.29) is 0 Å². The highest BCUT2D eigenvalue weighted by Gasteiger charge is 2.22. The normalized spacial score (nSPS) is 18.0. The summed E-state index contributed by atoms with van der Waals surface area (Å²) in [5, 5.41) is 11.1. The fourth-order valence-corrected chi connectivity index (χ4v) is 3.60. The molecule has 0 spiro atoms. The van der Waals surface area contributed by atoms with E-state index in [4.69, 9.17) is 4.99 Å². The molecular formula is C20H31N7. The molecule has 1 aliphatic rings. The lowest BCUT2D eigenvalue weighted by Crippen LogP contribution is -2.44. The van der Waals surface area contributed by atoms with Crippen molar-refractivity contribution in [2.45, 2.75) is 45.8 Å². The van der Waals surface area contributed by atoms with Crippen molar-refractivity contribution in [3.8, 4) is 0 Å². The predicted octanol–water partition coefficient (Wildman–Crippen LogP) is 1.87. The van der Waals surface area contributed by atoms with Crippen LogP contribution < -0.4 is 10.6 Å². The second-order valence-corrected chi connectivity index (χ2v) is 6.91. The predicted molar refractivity (Wildman–Crippen MR) is 109 cm³/mol. The van der Waals surface area contributed by atoms with Gasteiger partial charge in [-0.15, -0.1) is 0 Å². The fourth-order valence-electron chi connectivity index (χ4n) is 3.60. The number of aromatic nitrogens is 3. The molecule has 2 N–H and O–H groups in total. The van der Waals surface area contributed by atoms with Gasteiger partial charge in [-0.1, -0.05) is 31.2 Å². The number of nitrogens with zero attached hydrogens (tertiary/aromatic N) is 5. The molecule has 1 saturated heterocycles. The SMILES string of the molecule is CCNC(=NCc1cccc(Cn2cncn2)c1)NCC1CCCN1CC. The molecule has 0 amide bonds. The van der Waals surface area contributed by atoms with E-state index in [9.17, 15) is 0 Å². The molecule has 1 aromatic heterocycles. The number of guanidine groups is 1. The Kier molecular flexibility index (Phi) is 7.21. The maximum atomic E-state index is 4.77. The number of likely N-dealkylation sites (N-methyl/N-ethyl adjacent to an activating group) is 1. The first-order valence-corrected chi connectivity index (χ1v) is 9.95. The third-order valence-electron chi connectivity index (χ3n) is 4.98. The zero-order chi connectivity index (χ0) is 18.9. The van der Waals surface area contributed by atoms with Gasteiger partial charge in [-0.25, -0.2) is 14.7 Å². The highest BCUT2D eigenvalue weighted by atomic mass is 15.3. The smallest absolute Gasteiger partial charge is 0.191 e. The van der Waals surface area contributed by atoms with Crippen LogP contribution in [0.4, 0.5) is 0 Å². The number of benzene rings is 1. The van der Waals surface area contributed by atoms with Crippen molar-refractivity contribution in [3.05, 3.63) is 48.0 Å². The van der Waals surface area contributed by atoms with Crippen LogP contribution in [-0.2, 0) is 13.1 Å².